The summed E-state index contributed by atoms with van der Waals surface area (Å²) in [5.41, 5.74) is 0. The van der Waals surface area contributed by atoms with E-state index in [2.05, 4.69) is 16.8 Å². The first-order valence-electron chi connectivity index (χ1n) is 4.78. The minimum atomic E-state index is 0.233. The summed E-state index contributed by atoms with van der Waals surface area (Å²) in [5, 5.41) is 5.47. The van der Waals surface area contributed by atoms with Gasteiger partial charge in [0.2, 0.25) is 5.91 Å². The molecule has 0 aliphatic carbocycles. The van der Waals surface area contributed by atoms with E-state index in [-0.39, 0.29) is 5.91 Å². The minimum Gasteiger partial charge on any atom is -0.344 e. The molecule has 0 saturated carbocycles. The summed E-state index contributed by atoms with van der Waals surface area (Å²) < 4.78 is 0. The Morgan fingerprint density at radius 1 is 1.64 bits per heavy atom. The van der Waals surface area contributed by atoms with Crippen molar-refractivity contribution in [2.45, 2.75) is 12.5 Å². The number of rotatable bonds is 1. The molecule has 1 aromatic rings. The fourth-order valence-corrected chi connectivity index (χ4v) is 2.46. The summed E-state index contributed by atoms with van der Waals surface area (Å²) in [4.78, 5) is 14.5. The van der Waals surface area contributed by atoms with Gasteiger partial charge in [0.1, 0.15) is 0 Å². The number of likely N-dealkylation sites (N-methyl/N-ethyl adjacent to an activating group) is 1. The summed E-state index contributed by atoms with van der Waals surface area (Å²) in [6.07, 6.45) is 0.609. The molecule has 2 rings (SSSR count). The SMILES string of the molecule is CN1CC(c2cccs2)NCCC1=O. The second-order valence-electron chi connectivity index (χ2n) is 3.55. The Morgan fingerprint density at radius 2 is 2.50 bits per heavy atom. The van der Waals surface area contributed by atoms with Crippen LogP contribution in [-0.4, -0.2) is 30.9 Å². The summed E-state index contributed by atoms with van der Waals surface area (Å²) in [6.45, 7) is 1.56. The van der Waals surface area contributed by atoms with Crippen molar-refractivity contribution in [2.75, 3.05) is 20.1 Å². The molecule has 14 heavy (non-hydrogen) atoms. The van der Waals surface area contributed by atoms with Gasteiger partial charge in [-0.15, -0.1) is 11.3 Å². The number of hydrogen-bond acceptors (Lipinski definition) is 3. The van der Waals surface area contributed by atoms with Gasteiger partial charge in [-0.2, -0.15) is 0 Å². The molecule has 1 N–H and O–H groups in total. The third-order valence-corrected chi connectivity index (χ3v) is 3.48. The van der Waals surface area contributed by atoms with Gasteiger partial charge in [-0.25, -0.2) is 0 Å². The molecule has 0 radical (unpaired) electrons. The van der Waals surface area contributed by atoms with Crippen LogP contribution >= 0.6 is 11.3 Å². The number of nitrogens with zero attached hydrogens (tertiary/aromatic N) is 1. The molecule has 1 atom stereocenters. The highest BCUT2D eigenvalue weighted by Gasteiger charge is 2.21. The Kier molecular flexibility index (Phi) is 2.84. The van der Waals surface area contributed by atoms with Crippen LogP contribution < -0.4 is 5.32 Å². The molecule has 0 bridgehead atoms. The molecule has 1 saturated heterocycles. The standard InChI is InChI=1S/C10H14N2OS/c1-12-7-8(9-3-2-6-14-9)11-5-4-10(12)13/h2-3,6,8,11H,4-5,7H2,1H3. The van der Waals surface area contributed by atoms with Crippen molar-refractivity contribution < 1.29 is 4.79 Å². The Bertz CT molecular complexity index is 310. The van der Waals surface area contributed by atoms with Crippen molar-refractivity contribution in [1.29, 1.82) is 0 Å². The highest BCUT2D eigenvalue weighted by molar-refractivity contribution is 7.10. The molecule has 1 unspecified atom stereocenters. The van der Waals surface area contributed by atoms with E-state index in [0.717, 1.165) is 13.1 Å². The van der Waals surface area contributed by atoms with Crippen molar-refractivity contribution in [3.63, 3.8) is 0 Å². The van der Waals surface area contributed by atoms with Crippen LogP contribution in [0, 0.1) is 0 Å². The smallest absolute Gasteiger partial charge is 0.223 e. The first-order valence-corrected chi connectivity index (χ1v) is 5.66. The monoisotopic (exact) mass is 210 g/mol. The van der Waals surface area contributed by atoms with Gasteiger partial charge in [0.15, 0.2) is 0 Å². The molecule has 0 aromatic carbocycles. The molecule has 1 aliphatic rings. The zero-order valence-electron chi connectivity index (χ0n) is 8.19. The lowest BCUT2D eigenvalue weighted by Crippen LogP contribution is -2.30. The van der Waals surface area contributed by atoms with Crippen LogP contribution in [-0.2, 0) is 4.79 Å². The molecule has 3 nitrogen and oxygen atoms in total. The van der Waals surface area contributed by atoms with E-state index in [1.807, 2.05) is 18.0 Å². The van der Waals surface area contributed by atoms with Gasteiger partial charge in [-0.1, -0.05) is 6.07 Å². The van der Waals surface area contributed by atoms with Gasteiger partial charge >= 0.3 is 0 Å². The average molecular weight is 210 g/mol. The molecule has 1 fully saturated rings. The number of hydrogen-bond donors (Lipinski definition) is 1. The van der Waals surface area contributed by atoms with Gasteiger partial charge in [0, 0.05) is 31.4 Å². The number of nitrogens with one attached hydrogen (secondary N) is 1. The molecule has 76 valence electrons. The summed E-state index contributed by atoms with van der Waals surface area (Å²) >= 11 is 1.74. The largest absolute Gasteiger partial charge is 0.344 e. The second kappa shape index (κ2) is 4.11. The lowest BCUT2D eigenvalue weighted by Gasteiger charge is -2.19. The number of carbonyl (C=O) groups excluding carboxylic acids is 1. The molecule has 1 amide bonds. The second-order valence-corrected chi connectivity index (χ2v) is 4.53. The van der Waals surface area contributed by atoms with Crippen molar-refractivity contribution in [2.24, 2.45) is 0 Å². The molecule has 2 heterocycles. The van der Waals surface area contributed by atoms with Crippen LogP contribution in [0.4, 0.5) is 0 Å². The third-order valence-electron chi connectivity index (χ3n) is 2.50. The normalized spacial score (nSPS) is 23.6. The van der Waals surface area contributed by atoms with Crippen LogP contribution in [0.25, 0.3) is 0 Å². The van der Waals surface area contributed by atoms with Crippen LogP contribution in [0.15, 0.2) is 17.5 Å². The summed E-state index contributed by atoms with van der Waals surface area (Å²) in [5.74, 6) is 0.233. The van der Waals surface area contributed by atoms with Gasteiger partial charge in [-0.05, 0) is 11.4 Å². The van der Waals surface area contributed by atoms with Crippen molar-refractivity contribution in [3.8, 4) is 0 Å². The maximum atomic E-state index is 11.4. The predicted molar refractivity (Wildman–Crippen MR) is 57.3 cm³/mol. The lowest BCUT2D eigenvalue weighted by molar-refractivity contribution is -0.129. The fourth-order valence-electron chi connectivity index (χ4n) is 1.66. The molecule has 0 spiro atoms. The number of amides is 1. The Balaban J connectivity index is 2.10. The molecule has 1 aromatic heterocycles. The number of thiophene rings is 1. The van der Waals surface area contributed by atoms with Gasteiger partial charge in [0.25, 0.3) is 0 Å². The predicted octanol–water partition coefficient (Wildman–Crippen LogP) is 1.24. The van der Waals surface area contributed by atoms with Crippen molar-refractivity contribution in [1.82, 2.24) is 10.2 Å². The molecular formula is C10H14N2OS. The van der Waals surface area contributed by atoms with E-state index in [9.17, 15) is 4.79 Å². The van der Waals surface area contributed by atoms with Crippen LogP contribution in [0.1, 0.15) is 17.3 Å². The van der Waals surface area contributed by atoms with E-state index in [0.29, 0.717) is 12.5 Å². The zero-order valence-corrected chi connectivity index (χ0v) is 9.01. The maximum Gasteiger partial charge on any atom is 0.223 e. The van der Waals surface area contributed by atoms with Gasteiger partial charge in [0.05, 0.1) is 6.04 Å². The molecular weight excluding hydrogens is 196 g/mol. The van der Waals surface area contributed by atoms with Crippen LogP contribution in [0.2, 0.25) is 0 Å². The topological polar surface area (TPSA) is 32.3 Å². The molecule has 1 aliphatic heterocycles. The first-order chi connectivity index (χ1) is 6.77. The Hall–Kier alpha value is -0.870. The van der Waals surface area contributed by atoms with E-state index in [1.54, 1.807) is 11.3 Å². The van der Waals surface area contributed by atoms with E-state index < -0.39 is 0 Å². The average Bonchev–Trinajstić information content (AvgIpc) is 2.63. The van der Waals surface area contributed by atoms with Gasteiger partial charge in [-0.3, -0.25) is 4.79 Å². The van der Waals surface area contributed by atoms with Crippen molar-refractivity contribution >= 4 is 17.2 Å². The fraction of sp³-hybridized carbons (Fsp3) is 0.500. The Labute approximate surface area is 87.7 Å². The lowest BCUT2D eigenvalue weighted by atomic mass is 10.2. The van der Waals surface area contributed by atoms with Crippen LogP contribution in [0.5, 0.6) is 0 Å². The summed E-state index contributed by atoms with van der Waals surface area (Å²) in [7, 11) is 1.87. The van der Waals surface area contributed by atoms with Gasteiger partial charge < -0.3 is 10.2 Å². The van der Waals surface area contributed by atoms with Crippen molar-refractivity contribution in [3.05, 3.63) is 22.4 Å². The highest BCUT2D eigenvalue weighted by Crippen LogP contribution is 2.21. The maximum absolute atomic E-state index is 11.4. The van der Waals surface area contributed by atoms with Crippen LogP contribution in [0.3, 0.4) is 0 Å². The van der Waals surface area contributed by atoms with E-state index in [4.69, 9.17) is 0 Å². The molecule has 4 heteroatoms. The quantitative estimate of drug-likeness (QED) is 0.756. The first kappa shape index (κ1) is 9.68. The zero-order chi connectivity index (χ0) is 9.97. The Morgan fingerprint density at radius 3 is 3.21 bits per heavy atom. The number of carbonyl (C=O) groups is 1. The minimum absolute atomic E-state index is 0.233. The van der Waals surface area contributed by atoms with E-state index in [1.165, 1.54) is 4.88 Å². The van der Waals surface area contributed by atoms with E-state index >= 15 is 0 Å². The third kappa shape index (κ3) is 1.96. The summed E-state index contributed by atoms with van der Waals surface area (Å²) in [6, 6.07) is 4.48. The highest BCUT2D eigenvalue weighted by atomic mass is 32.1.